The van der Waals surface area contributed by atoms with Gasteiger partial charge in [-0.05, 0) is 25.8 Å². The third kappa shape index (κ3) is 2.89. The summed E-state index contributed by atoms with van der Waals surface area (Å²) in [7, 11) is -3.98. The molecule has 0 unspecified atom stereocenters. The van der Waals surface area contributed by atoms with Crippen molar-refractivity contribution in [3.63, 3.8) is 0 Å². The summed E-state index contributed by atoms with van der Waals surface area (Å²) in [6, 6.07) is 5.93. The summed E-state index contributed by atoms with van der Waals surface area (Å²) >= 11 is 0. The molecule has 0 aliphatic heterocycles. The second-order valence-corrected chi connectivity index (χ2v) is 6.81. The monoisotopic (exact) mass is 309 g/mol. The van der Waals surface area contributed by atoms with E-state index in [1.54, 1.807) is 0 Å². The quantitative estimate of drug-likeness (QED) is 0.675. The zero-order valence-electron chi connectivity index (χ0n) is 11.5. The molecule has 0 spiro atoms. The third-order valence-corrected chi connectivity index (χ3v) is 5.42. The second-order valence-electron chi connectivity index (χ2n) is 5.16. The van der Waals surface area contributed by atoms with Gasteiger partial charge in [-0.2, -0.15) is 9.98 Å². The molecule has 0 saturated heterocycles. The summed E-state index contributed by atoms with van der Waals surface area (Å²) in [5.74, 6) is 0. The Morgan fingerprint density at radius 1 is 1.38 bits per heavy atom. The van der Waals surface area contributed by atoms with Crippen LogP contribution in [0.5, 0.6) is 0 Å². The van der Waals surface area contributed by atoms with Crippen molar-refractivity contribution in [2.45, 2.75) is 43.0 Å². The average molecular weight is 309 g/mol. The van der Waals surface area contributed by atoms with Crippen molar-refractivity contribution in [3.8, 4) is 6.07 Å². The van der Waals surface area contributed by atoms with Crippen molar-refractivity contribution < 1.29 is 13.3 Å². The highest BCUT2D eigenvalue weighted by molar-refractivity contribution is 7.89. The molecular weight excluding hydrogens is 294 g/mol. The Morgan fingerprint density at radius 3 is 2.52 bits per heavy atom. The van der Waals surface area contributed by atoms with E-state index in [1.807, 2.05) is 6.07 Å². The molecule has 1 N–H and O–H groups in total. The van der Waals surface area contributed by atoms with Crippen LogP contribution in [-0.2, 0) is 10.0 Å². The molecule has 1 aromatic carbocycles. The van der Waals surface area contributed by atoms with E-state index in [9.17, 15) is 23.8 Å². The fourth-order valence-electron chi connectivity index (χ4n) is 2.62. The van der Waals surface area contributed by atoms with E-state index in [0.29, 0.717) is 12.8 Å². The lowest BCUT2D eigenvalue weighted by Gasteiger charge is -2.22. The van der Waals surface area contributed by atoms with Crippen LogP contribution in [0.15, 0.2) is 23.1 Å². The molecule has 0 aromatic heterocycles. The number of sulfonamides is 1. The van der Waals surface area contributed by atoms with Crippen molar-refractivity contribution in [3.05, 3.63) is 33.9 Å². The average Bonchev–Trinajstić information content (AvgIpc) is 2.86. The minimum Gasteiger partial charge on any atom is -0.258 e. The fourth-order valence-corrected chi connectivity index (χ4v) is 4.26. The van der Waals surface area contributed by atoms with E-state index in [-0.39, 0.29) is 16.1 Å². The van der Waals surface area contributed by atoms with Gasteiger partial charge >= 0.3 is 0 Å². The summed E-state index contributed by atoms with van der Waals surface area (Å²) < 4.78 is 27.4. The molecule has 0 radical (unpaired) electrons. The van der Waals surface area contributed by atoms with E-state index in [2.05, 4.69) is 4.72 Å². The summed E-state index contributed by atoms with van der Waals surface area (Å²) in [6.45, 7) is 1.39. The van der Waals surface area contributed by atoms with Crippen molar-refractivity contribution in [2.75, 3.05) is 0 Å². The first kappa shape index (κ1) is 15.4. The lowest BCUT2D eigenvalue weighted by molar-refractivity contribution is -0.385. The number of rotatable bonds is 4. The molecule has 1 aromatic rings. The standard InChI is InChI=1S/C13H15N3O4S/c1-10-11(16(17)18)5-4-6-12(10)21(19,20)15-13(9-14)7-2-3-8-13/h4-6,15H,2-3,7-8H2,1H3. The number of nitrogens with one attached hydrogen (secondary N) is 1. The molecule has 0 atom stereocenters. The Hall–Kier alpha value is -1.98. The first-order valence-electron chi connectivity index (χ1n) is 6.51. The molecule has 1 fully saturated rings. The van der Waals surface area contributed by atoms with Gasteiger partial charge in [-0.25, -0.2) is 8.42 Å². The number of hydrogen-bond acceptors (Lipinski definition) is 5. The van der Waals surface area contributed by atoms with Crippen LogP contribution in [0.1, 0.15) is 31.2 Å². The lowest BCUT2D eigenvalue weighted by atomic mass is 10.0. The first-order valence-corrected chi connectivity index (χ1v) is 7.99. The summed E-state index contributed by atoms with van der Waals surface area (Å²) in [5.41, 5.74) is -1.29. The molecule has 8 heteroatoms. The van der Waals surface area contributed by atoms with Crippen molar-refractivity contribution in [1.82, 2.24) is 4.72 Å². The molecule has 112 valence electrons. The van der Waals surface area contributed by atoms with Gasteiger partial charge in [-0.1, -0.05) is 18.9 Å². The van der Waals surface area contributed by atoms with Gasteiger partial charge in [0.05, 0.1) is 15.9 Å². The Labute approximate surface area is 122 Å². The largest absolute Gasteiger partial charge is 0.273 e. The minimum atomic E-state index is -3.98. The highest BCUT2D eigenvalue weighted by Crippen LogP contribution is 2.32. The highest BCUT2D eigenvalue weighted by atomic mass is 32.2. The Bertz CT molecular complexity index is 715. The third-order valence-electron chi connectivity index (χ3n) is 3.74. The van der Waals surface area contributed by atoms with Gasteiger partial charge in [-0.15, -0.1) is 0 Å². The van der Waals surface area contributed by atoms with Gasteiger partial charge in [0.1, 0.15) is 5.54 Å². The first-order chi connectivity index (χ1) is 9.81. The van der Waals surface area contributed by atoms with Crippen LogP contribution in [0, 0.1) is 28.4 Å². The predicted octanol–water partition coefficient (Wildman–Crippen LogP) is 2.02. The minimum absolute atomic E-state index is 0.0705. The molecule has 1 saturated carbocycles. The van der Waals surface area contributed by atoms with E-state index in [1.165, 1.54) is 25.1 Å². The molecule has 0 amide bonds. The fraction of sp³-hybridized carbons (Fsp3) is 0.462. The van der Waals surface area contributed by atoms with Gasteiger partial charge in [0, 0.05) is 11.6 Å². The molecule has 2 rings (SSSR count). The Kier molecular flexibility index (Phi) is 3.98. The number of nitro groups is 1. The maximum absolute atomic E-state index is 12.5. The number of nitriles is 1. The molecule has 7 nitrogen and oxygen atoms in total. The van der Waals surface area contributed by atoms with E-state index >= 15 is 0 Å². The van der Waals surface area contributed by atoms with E-state index in [0.717, 1.165) is 12.8 Å². The smallest absolute Gasteiger partial charge is 0.258 e. The number of hydrogen-bond donors (Lipinski definition) is 1. The Morgan fingerprint density at radius 2 is 2.00 bits per heavy atom. The molecule has 0 bridgehead atoms. The number of nitrogens with zero attached hydrogens (tertiary/aromatic N) is 2. The molecule has 1 aliphatic carbocycles. The van der Waals surface area contributed by atoms with Crippen LogP contribution < -0.4 is 4.72 Å². The number of nitro benzene ring substituents is 1. The van der Waals surface area contributed by atoms with Crippen molar-refractivity contribution in [2.24, 2.45) is 0 Å². The summed E-state index contributed by atoms with van der Waals surface area (Å²) in [6.07, 6.45) is 2.47. The second kappa shape index (κ2) is 5.42. The van der Waals surface area contributed by atoms with Gasteiger partial charge < -0.3 is 0 Å². The summed E-state index contributed by atoms with van der Waals surface area (Å²) in [4.78, 5) is 10.1. The van der Waals surface area contributed by atoms with Crippen molar-refractivity contribution >= 4 is 15.7 Å². The zero-order chi connectivity index (χ0) is 15.7. The number of benzene rings is 1. The lowest BCUT2D eigenvalue weighted by Crippen LogP contribution is -2.45. The zero-order valence-corrected chi connectivity index (χ0v) is 12.3. The van der Waals surface area contributed by atoms with Crippen LogP contribution >= 0.6 is 0 Å². The van der Waals surface area contributed by atoms with Gasteiger partial charge in [0.25, 0.3) is 5.69 Å². The maximum atomic E-state index is 12.5. The SMILES string of the molecule is Cc1c([N+](=O)[O-])cccc1S(=O)(=O)NC1(C#N)CCCC1. The van der Waals surface area contributed by atoms with Gasteiger partial charge in [-0.3, -0.25) is 10.1 Å². The van der Waals surface area contributed by atoms with Gasteiger partial charge in [0.15, 0.2) is 0 Å². The maximum Gasteiger partial charge on any atom is 0.273 e. The van der Waals surface area contributed by atoms with E-state index < -0.39 is 20.5 Å². The van der Waals surface area contributed by atoms with Crippen molar-refractivity contribution in [1.29, 1.82) is 5.26 Å². The van der Waals surface area contributed by atoms with Crippen LogP contribution in [0.2, 0.25) is 0 Å². The van der Waals surface area contributed by atoms with E-state index in [4.69, 9.17) is 0 Å². The van der Waals surface area contributed by atoms with Crippen LogP contribution in [-0.4, -0.2) is 18.9 Å². The molecule has 0 heterocycles. The highest BCUT2D eigenvalue weighted by Gasteiger charge is 2.39. The molecular formula is C13H15N3O4S. The van der Waals surface area contributed by atoms with Crippen LogP contribution in [0.3, 0.4) is 0 Å². The molecule has 1 aliphatic rings. The normalized spacial score (nSPS) is 17.3. The molecule has 21 heavy (non-hydrogen) atoms. The van der Waals surface area contributed by atoms with Gasteiger partial charge in [0.2, 0.25) is 10.0 Å². The van der Waals surface area contributed by atoms with Crippen LogP contribution in [0.4, 0.5) is 5.69 Å². The summed E-state index contributed by atoms with van der Waals surface area (Å²) in [5, 5.41) is 20.2. The topological polar surface area (TPSA) is 113 Å². The Balaban J connectivity index is 2.44. The predicted molar refractivity (Wildman–Crippen MR) is 75.0 cm³/mol. The van der Waals surface area contributed by atoms with Crippen LogP contribution in [0.25, 0.3) is 0 Å².